The van der Waals surface area contributed by atoms with E-state index in [1.807, 2.05) is 17.8 Å². The maximum absolute atomic E-state index is 5.23. The van der Waals surface area contributed by atoms with E-state index in [9.17, 15) is 0 Å². The molecular weight excluding hydrogens is 346 g/mol. The first-order valence-electron chi connectivity index (χ1n) is 8.95. The summed E-state index contributed by atoms with van der Waals surface area (Å²) in [5, 5.41) is 7.92. The molecule has 7 heteroatoms. The van der Waals surface area contributed by atoms with Crippen molar-refractivity contribution in [3.63, 3.8) is 0 Å². The van der Waals surface area contributed by atoms with Crippen molar-refractivity contribution in [2.45, 2.75) is 41.9 Å². The van der Waals surface area contributed by atoms with Gasteiger partial charge in [0, 0.05) is 29.4 Å². The molecule has 26 heavy (non-hydrogen) atoms. The number of anilines is 1. The van der Waals surface area contributed by atoms with Gasteiger partial charge in [-0.05, 0) is 25.0 Å². The van der Waals surface area contributed by atoms with E-state index in [4.69, 9.17) is 4.74 Å². The summed E-state index contributed by atoms with van der Waals surface area (Å²) >= 11 is 1.99. The SMILES string of the molecule is COCc1cc(NCC2(Sc3ccccc3)CCCC2)n2ncnc2n1. The first-order chi connectivity index (χ1) is 12.8. The van der Waals surface area contributed by atoms with Gasteiger partial charge in [-0.25, -0.2) is 4.98 Å². The van der Waals surface area contributed by atoms with Crippen molar-refractivity contribution in [3.05, 3.63) is 48.4 Å². The van der Waals surface area contributed by atoms with Crippen LogP contribution < -0.4 is 5.32 Å². The second-order valence-electron chi connectivity index (χ2n) is 6.70. The van der Waals surface area contributed by atoms with Crippen LogP contribution in [0.15, 0.2) is 47.6 Å². The molecule has 1 aliphatic carbocycles. The zero-order chi connectivity index (χ0) is 17.8. The summed E-state index contributed by atoms with van der Waals surface area (Å²) in [5.41, 5.74) is 0.853. The number of methoxy groups -OCH3 is 1. The molecule has 3 aromatic rings. The Morgan fingerprint density at radius 2 is 2.04 bits per heavy atom. The molecule has 2 heterocycles. The van der Waals surface area contributed by atoms with Crippen LogP contribution in [0.2, 0.25) is 0 Å². The highest BCUT2D eigenvalue weighted by atomic mass is 32.2. The fourth-order valence-electron chi connectivity index (χ4n) is 3.53. The molecule has 136 valence electrons. The van der Waals surface area contributed by atoms with Gasteiger partial charge in [-0.15, -0.1) is 11.8 Å². The van der Waals surface area contributed by atoms with Crippen LogP contribution in [0.1, 0.15) is 31.4 Å². The molecule has 0 unspecified atom stereocenters. The molecule has 1 aliphatic rings. The number of hydrogen-bond acceptors (Lipinski definition) is 6. The van der Waals surface area contributed by atoms with Crippen LogP contribution in [-0.2, 0) is 11.3 Å². The van der Waals surface area contributed by atoms with Gasteiger partial charge in [0.15, 0.2) is 0 Å². The number of benzene rings is 1. The zero-order valence-electron chi connectivity index (χ0n) is 14.9. The number of aromatic nitrogens is 4. The molecular formula is C19H23N5OS. The second-order valence-corrected chi connectivity index (χ2v) is 8.24. The Morgan fingerprint density at radius 3 is 2.81 bits per heavy atom. The van der Waals surface area contributed by atoms with Gasteiger partial charge in [-0.2, -0.15) is 14.6 Å². The summed E-state index contributed by atoms with van der Waals surface area (Å²) in [6.45, 7) is 1.35. The molecule has 1 fully saturated rings. The van der Waals surface area contributed by atoms with Crippen LogP contribution in [0.25, 0.3) is 5.78 Å². The Balaban J connectivity index is 1.56. The largest absolute Gasteiger partial charge is 0.378 e. The summed E-state index contributed by atoms with van der Waals surface area (Å²) in [7, 11) is 1.67. The van der Waals surface area contributed by atoms with Crippen LogP contribution in [0.5, 0.6) is 0 Å². The Hall–Kier alpha value is -2.12. The molecule has 1 aromatic carbocycles. The number of fused-ring (bicyclic) bond motifs is 1. The van der Waals surface area contributed by atoms with Crippen LogP contribution >= 0.6 is 11.8 Å². The molecule has 1 N–H and O–H groups in total. The Labute approximate surface area is 157 Å². The van der Waals surface area contributed by atoms with Gasteiger partial charge in [0.05, 0.1) is 12.3 Å². The molecule has 0 spiro atoms. The number of hydrogen-bond donors (Lipinski definition) is 1. The average molecular weight is 369 g/mol. The summed E-state index contributed by atoms with van der Waals surface area (Å²) in [6, 6.07) is 12.7. The Kier molecular flexibility index (Phi) is 5.08. The maximum atomic E-state index is 5.23. The van der Waals surface area contributed by atoms with E-state index in [-0.39, 0.29) is 4.75 Å². The smallest absolute Gasteiger partial charge is 0.254 e. The third-order valence-electron chi connectivity index (χ3n) is 4.78. The molecule has 0 saturated heterocycles. The molecule has 0 radical (unpaired) electrons. The monoisotopic (exact) mass is 369 g/mol. The number of ether oxygens (including phenoxy) is 1. The van der Waals surface area contributed by atoms with Crippen molar-refractivity contribution in [2.75, 3.05) is 19.0 Å². The first-order valence-corrected chi connectivity index (χ1v) is 9.76. The predicted octanol–water partition coefficient (Wildman–Crippen LogP) is 3.79. The molecule has 1 saturated carbocycles. The number of nitrogens with zero attached hydrogens (tertiary/aromatic N) is 4. The topological polar surface area (TPSA) is 64.3 Å². The van der Waals surface area contributed by atoms with Crippen LogP contribution in [-0.4, -0.2) is 38.0 Å². The molecule has 6 nitrogen and oxygen atoms in total. The fraction of sp³-hybridized carbons (Fsp3) is 0.421. The van der Waals surface area contributed by atoms with E-state index in [1.54, 1.807) is 11.6 Å². The lowest BCUT2D eigenvalue weighted by molar-refractivity contribution is 0.181. The number of thioether (sulfide) groups is 1. The van der Waals surface area contributed by atoms with Gasteiger partial charge < -0.3 is 10.1 Å². The third kappa shape index (κ3) is 3.68. The van der Waals surface area contributed by atoms with Gasteiger partial charge in [-0.3, -0.25) is 0 Å². The van der Waals surface area contributed by atoms with Crippen molar-refractivity contribution in [1.29, 1.82) is 0 Å². The Morgan fingerprint density at radius 1 is 1.23 bits per heavy atom. The fourth-order valence-corrected chi connectivity index (χ4v) is 4.96. The van der Waals surface area contributed by atoms with Gasteiger partial charge >= 0.3 is 0 Å². The van der Waals surface area contributed by atoms with Gasteiger partial charge in [-0.1, -0.05) is 31.0 Å². The highest BCUT2D eigenvalue weighted by Crippen LogP contribution is 2.45. The van der Waals surface area contributed by atoms with Crippen molar-refractivity contribution < 1.29 is 4.74 Å². The predicted molar refractivity (Wildman–Crippen MR) is 103 cm³/mol. The maximum Gasteiger partial charge on any atom is 0.254 e. The van der Waals surface area contributed by atoms with E-state index in [1.165, 1.54) is 36.9 Å². The minimum Gasteiger partial charge on any atom is -0.378 e. The van der Waals surface area contributed by atoms with Gasteiger partial charge in [0.25, 0.3) is 5.78 Å². The number of nitrogens with one attached hydrogen (secondary N) is 1. The van der Waals surface area contributed by atoms with Crippen LogP contribution in [0.4, 0.5) is 5.82 Å². The lowest BCUT2D eigenvalue weighted by Gasteiger charge is -2.29. The zero-order valence-corrected chi connectivity index (χ0v) is 15.7. The van der Waals surface area contributed by atoms with Gasteiger partial charge in [0.2, 0.25) is 0 Å². The van der Waals surface area contributed by atoms with Crippen LogP contribution in [0, 0.1) is 0 Å². The standard InChI is InChI=1S/C19H23N5OS/c1-25-12-15-11-17(24-18(23-15)21-14-22-24)20-13-19(9-5-6-10-19)26-16-7-3-2-4-8-16/h2-4,7-8,11,14,20H,5-6,9-10,12-13H2,1H3. The Bertz CT molecular complexity index is 861. The lowest BCUT2D eigenvalue weighted by Crippen LogP contribution is -2.31. The third-order valence-corrected chi connectivity index (χ3v) is 6.27. The number of rotatable bonds is 7. The van der Waals surface area contributed by atoms with Gasteiger partial charge in [0.1, 0.15) is 12.1 Å². The quantitative estimate of drug-likeness (QED) is 0.684. The summed E-state index contributed by atoms with van der Waals surface area (Å²) in [4.78, 5) is 10.0. The van der Waals surface area contributed by atoms with E-state index in [0.29, 0.717) is 12.4 Å². The highest BCUT2D eigenvalue weighted by Gasteiger charge is 2.35. The van der Waals surface area contributed by atoms with Crippen molar-refractivity contribution in [1.82, 2.24) is 19.6 Å². The van der Waals surface area contributed by atoms with E-state index in [2.05, 4.69) is 50.7 Å². The summed E-state index contributed by atoms with van der Waals surface area (Å²) in [6.07, 6.45) is 6.54. The second kappa shape index (κ2) is 7.63. The summed E-state index contributed by atoms with van der Waals surface area (Å²) < 4.78 is 7.20. The van der Waals surface area contributed by atoms with Crippen molar-refractivity contribution in [2.24, 2.45) is 0 Å². The molecule has 0 amide bonds. The first kappa shape index (κ1) is 17.3. The molecule has 0 atom stereocenters. The van der Waals surface area contributed by atoms with E-state index < -0.39 is 0 Å². The lowest BCUT2D eigenvalue weighted by atomic mass is 10.1. The normalized spacial score (nSPS) is 16.2. The minimum absolute atomic E-state index is 0.207. The van der Waals surface area contributed by atoms with E-state index in [0.717, 1.165) is 18.1 Å². The van der Waals surface area contributed by atoms with Crippen molar-refractivity contribution >= 4 is 23.4 Å². The highest BCUT2D eigenvalue weighted by molar-refractivity contribution is 8.00. The van der Waals surface area contributed by atoms with E-state index >= 15 is 0 Å². The minimum atomic E-state index is 0.207. The molecule has 2 aromatic heterocycles. The molecule has 0 bridgehead atoms. The molecule has 4 rings (SSSR count). The summed E-state index contributed by atoms with van der Waals surface area (Å²) in [5.74, 6) is 1.51. The van der Waals surface area contributed by atoms with Crippen LogP contribution in [0.3, 0.4) is 0 Å². The molecule has 0 aliphatic heterocycles. The average Bonchev–Trinajstić information content (AvgIpc) is 3.31. The van der Waals surface area contributed by atoms with Crippen molar-refractivity contribution in [3.8, 4) is 0 Å².